The maximum Gasteiger partial charge on any atom is 0.255 e. The third-order valence-electron chi connectivity index (χ3n) is 4.40. The second kappa shape index (κ2) is 7.44. The topological polar surface area (TPSA) is 99.9 Å². The summed E-state index contributed by atoms with van der Waals surface area (Å²) in [5, 5.41) is 2.84. The van der Waals surface area contributed by atoms with Crippen LogP contribution in [0.4, 0.5) is 5.69 Å². The van der Waals surface area contributed by atoms with Crippen molar-refractivity contribution < 1.29 is 23.8 Å². The Hall–Kier alpha value is -4.00. The maximum atomic E-state index is 12.5. The Morgan fingerprint density at radius 1 is 0.833 bits per heavy atom. The molecule has 4 rings (SSSR count). The van der Waals surface area contributed by atoms with Crippen LogP contribution in [0.5, 0.6) is 23.0 Å². The Balaban J connectivity index is 1.40. The number of carbonyl (C=O) groups excluding carboxylic acids is 2. The molecule has 1 aliphatic heterocycles. The zero-order valence-corrected chi connectivity index (χ0v) is 16.5. The van der Waals surface area contributed by atoms with Crippen LogP contribution in [0, 0.1) is 0 Å². The number of carbonyl (C=O) groups is 2. The van der Waals surface area contributed by atoms with Crippen LogP contribution >= 0.6 is 0 Å². The van der Waals surface area contributed by atoms with E-state index in [0.29, 0.717) is 39.8 Å². The van der Waals surface area contributed by atoms with Crippen LogP contribution in [0.25, 0.3) is 0 Å². The van der Waals surface area contributed by atoms with Crippen LogP contribution in [0.2, 0.25) is 0 Å². The van der Waals surface area contributed by atoms with Gasteiger partial charge in [0.2, 0.25) is 11.7 Å². The molecule has 0 bridgehead atoms. The van der Waals surface area contributed by atoms with Gasteiger partial charge in [0.25, 0.3) is 5.91 Å². The standard InChI is InChI=1S/C23H20N2O5/c1-23(2)29-19-12-7-16(13-20(19)30-23)25-22(27)15-5-10-18(11-6-15)28-17-8-3-14(4-9-17)21(24)26/h3-13H,1-2H3,(H2,24,26)(H,25,27). The molecule has 0 saturated carbocycles. The normalized spacial score (nSPS) is 13.5. The highest BCUT2D eigenvalue weighted by Gasteiger charge is 2.31. The molecule has 0 aromatic heterocycles. The van der Waals surface area contributed by atoms with E-state index in [0.717, 1.165) is 0 Å². The maximum absolute atomic E-state index is 12.5. The Kier molecular flexibility index (Phi) is 4.79. The molecule has 0 spiro atoms. The summed E-state index contributed by atoms with van der Waals surface area (Å²) in [6.45, 7) is 3.64. The first-order chi connectivity index (χ1) is 14.3. The van der Waals surface area contributed by atoms with Gasteiger partial charge in [0.15, 0.2) is 11.5 Å². The average molecular weight is 404 g/mol. The number of hydrogen-bond acceptors (Lipinski definition) is 5. The van der Waals surface area contributed by atoms with Gasteiger partial charge in [-0.25, -0.2) is 0 Å². The molecule has 3 aromatic carbocycles. The molecule has 0 unspecified atom stereocenters. The summed E-state index contributed by atoms with van der Waals surface area (Å²) in [7, 11) is 0. The minimum absolute atomic E-state index is 0.259. The summed E-state index contributed by atoms with van der Waals surface area (Å²) in [4.78, 5) is 23.7. The molecule has 30 heavy (non-hydrogen) atoms. The fourth-order valence-electron chi connectivity index (χ4n) is 3.00. The van der Waals surface area contributed by atoms with Crippen molar-refractivity contribution >= 4 is 17.5 Å². The van der Waals surface area contributed by atoms with Gasteiger partial charge in [-0.1, -0.05) is 0 Å². The Morgan fingerprint density at radius 3 is 2.00 bits per heavy atom. The monoisotopic (exact) mass is 404 g/mol. The number of benzene rings is 3. The summed E-state index contributed by atoms with van der Waals surface area (Å²) < 4.78 is 17.1. The molecule has 0 radical (unpaired) electrons. The van der Waals surface area contributed by atoms with E-state index in [2.05, 4.69) is 5.32 Å². The number of rotatable bonds is 5. The molecular weight excluding hydrogens is 384 g/mol. The SMILES string of the molecule is CC1(C)Oc2ccc(NC(=O)c3ccc(Oc4ccc(C(N)=O)cc4)cc3)cc2O1. The van der Waals surface area contributed by atoms with Crippen molar-refractivity contribution in [3.8, 4) is 23.0 Å². The predicted molar refractivity (Wildman–Crippen MR) is 111 cm³/mol. The summed E-state index contributed by atoms with van der Waals surface area (Å²) in [5.41, 5.74) is 6.71. The van der Waals surface area contributed by atoms with Gasteiger partial charge in [-0.2, -0.15) is 0 Å². The molecule has 0 aliphatic carbocycles. The van der Waals surface area contributed by atoms with Gasteiger partial charge >= 0.3 is 0 Å². The summed E-state index contributed by atoms with van der Waals surface area (Å²) in [6, 6.07) is 18.5. The molecule has 0 saturated heterocycles. The quantitative estimate of drug-likeness (QED) is 0.659. The number of fused-ring (bicyclic) bond motifs is 1. The number of anilines is 1. The lowest BCUT2D eigenvalue weighted by Gasteiger charge is -2.16. The molecule has 0 atom stereocenters. The first-order valence-corrected chi connectivity index (χ1v) is 9.30. The van der Waals surface area contributed by atoms with Crippen LogP contribution in [-0.4, -0.2) is 17.6 Å². The highest BCUT2D eigenvalue weighted by molar-refractivity contribution is 6.04. The number of nitrogens with two attached hydrogens (primary N) is 1. The molecule has 152 valence electrons. The minimum Gasteiger partial charge on any atom is -0.457 e. The molecule has 7 heteroatoms. The van der Waals surface area contributed by atoms with Crippen molar-refractivity contribution in [2.24, 2.45) is 5.73 Å². The summed E-state index contributed by atoms with van der Waals surface area (Å²) in [6.07, 6.45) is 0. The van der Waals surface area contributed by atoms with Gasteiger partial charge in [0.05, 0.1) is 0 Å². The van der Waals surface area contributed by atoms with Gasteiger partial charge < -0.3 is 25.3 Å². The molecular formula is C23H20N2O5. The molecule has 1 aliphatic rings. The van der Waals surface area contributed by atoms with E-state index in [9.17, 15) is 9.59 Å². The highest BCUT2D eigenvalue weighted by Crippen LogP contribution is 2.40. The second-order valence-electron chi connectivity index (χ2n) is 7.23. The van der Waals surface area contributed by atoms with Crippen molar-refractivity contribution in [3.05, 3.63) is 77.9 Å². The van der Waals surface area contributed by atoms with Gasteiger partial charge in [-0.15, -0.1) is 0 Å². The van der Waals surface area contributed by atoms with Crippen molar-refractivity contribution in [2.45, 2.75) is 19.6 Å². The smallest absolute Gasteiger partial charge is 0.255 e. The van der Waals surface area contributed by atoms with Crippen LogP contribution in [-0.2, 0) is 0 Å². The molecule has 7 nitrogen and oxygen atoms in total. The fraction of sp³-hybridized carbons (Fsp3) is 0.130. The van der Waals surface area contributed by atoms with E-state index >= 15 is 0 Å². The van der Waals surface area contributed by atoms with E-state index < -0.39 is 11.7 Å². The molecule has 3 N–H and O–H groups in total. The fourth-order valence-corrected chi connectivity index (χ4v) is 3.00. The number of amides is 2. The van der Waals surface area contributed by atoms with E-state index in [4.69, 9.17) is 19.9 Å². The third-order valence-corrected chi connectivity index (χ3v) is 4.40. The van der Waals surface area contributed by atoms with E-state index in [1.54, 1.807) is 66.7 Å². The number of hydrogen-bond donors (Lipinski definition) is 2. The Bertz CT molecular complexity index is 1110. The average Bonchev–Trinajstić information content (AvgIpc) is 3.02. The summed E-state index contributed by atoms with van der Waals surface area (Å²) >= 11 is 0. The lowest BCUT2D eigenvalue weighted by Crippen LogP contribution is -2.29. The molecule has 3 aromatic rings. The second-order valence-corrected chi connectivity index (χ2v) is 7.23. The minimum atomic E-state index is -0.721. The predicted octanol–water partition coefficient (Wildman–Crippen LogP) is 4.34. The zero-order valence-electron chi connectivity index (χ0n) is 16.5. The van der Waals surface area contributed by atoms with Crippen LogP contribution in [0.1, 0.15) is 34.6 Å². The third kappa shape index (κ3) is 4.20. The van der Waals surface area contributed by atoms with Crippen molar-refractivity contribution in [1.29, 1.82) is 0 Å². The van der Waals surface area contributed by atoms with Crippen LogP contribution in [0.3, 0.4) is 0 Å². The Morgan fingerprint density at radius 2 is 1.40 bits per heavy atom. The summed E-state index contributed by atoms with van der Waals surface area (Å²) in [5.74, 6) is 0.867. The Labute approximate surface area is 173 Å². The van der Waals surface area contributed by atoms with Gasteiger partial charge in [0.1, 0.15) is 11.5 Å². The molecule has 0 fully saturated rings. The number of ether oxygens (including phenoxy) is 3. The highest BCUT2D eigenvalue weighted by atomic mass is 16.7. The van der Waals surface area contributed by atoms with Gasteiger partial charge in [0, 0.05) is 36.7 Å². The van der Waals surface area contributed by atoms with E-state index in [1.807, 2.05) is 13.8 Å². The first kappa shape index (κ1) is 19.3. The number of nitrogens with one attached hydrogen (secondary N) is 1. The van der Waals surface area contributed by atoms with E-state index in [1.165, 1.54) is 0 Å². The van der Waals surface area contributed by atoms with Crippen molar-refractivity contribution in [1.82, 2.24) is 0 Å². The lowest BCUT2D eigenvalue weighted by atomic mass is 10.2. The van der Waals surface area contributed by atoms with Crippen LogP contribution < -0.4 is 25.3 Å². The zero-order chi connectivity index (χ0) is 21.3. The first-order valence-electron chi connectivity index (χ1n) is 9.30. The van der Waals surface area contributed by atoms with Crippen molar-refractivity contribution in [2.75, 3.05) is 5.32 Å². The number of primary amides is 1. The molecule has 2 amide bonds. The van der Waals surface area contributed by atoms with Crippen LogP contribution in [0.15, 0.2) is 66.7 Å². The van der Waals surface area contributed by atoms with Gasteiger partial charge in [-0.3, -0.25) is 9.59 Å². The van der Waals surface area contributed by atoms with Gasteiger partial charge in [-0.05, 0) is 60.7 Å². The van der Waals surface area contributed by atoms with E-state index in [-0.39, 0.29) is 5.91 Å². The van der Waals surface area contributed by atoms with Crippen molar-refractivity contribution in [3.63, 3.8) is 0 Å². The lowest BCUT2D eigenvalue weighted by molar-refractivity contribution is -0.0431. The molecule has 1 heterocycles. The largest absolute Gasteiger partial charge is 0.457 e.